The van der Waals surface area contributed by atoms with Crippen LogP contribution in [0.2, 0.25) is 0 Å². The highest BCUT2D eigenvalue weighted by Crippen LogP contribution is 2.31. The SMILES string of the molecule is CCCCC1C(=O)OC(C(C)C(O)CCCN=C(N)N)C(C)C=C(C)CCCCC(O)CC(O)CC(O)CC(O)CC(O)C(O)C=C(C)C(O)CCCC(O)CCCC(O)CCC(C)C1O. The molecule has 1 heterocycles. The van der Waals surface area contributed by atoms with E-state index in [2.05, 4.69) is 4.99 Å². The number of unbranched alkanes of at least 4 members (excludes halogenated alkanes) is 1. The molecule has 1 rings (SSSR count). The molecule has 15 N–H and O–H groups in total. The maximum absolute atomic E-state index is 14.2. The number of aliphatic hydroxyl groups excluding tert-OH is 11. The average molecular weight is 946 g/mol. The predicted octanol–water partition coefficient (Wildman–Crippen LogP) is 3.78. The maximum atomic E-state index is 14.2. The van der Waals surface area contributed by atoms with E-state index in [1.54, 1.807) is 6.92 Å². The standard InChI is InChI=1S/C50H95N3O13/c1-7-8-19-42-47(64)32(3)22-23-37(55)17-11-16-36(54)18-12-20-43(60)33(4)26-45(62)46(63)30-41(59)29-40(58)28-39(57)27-38(56)15-10-9-14-31(2)25-34(5)48(66-49(42)65)35(6)44(61)21-13-24-53-50(51)52/h25-26,32,34-48,54-64H,7-24,27-30H2,1-6H3,(H4,51,52,53). The smallest absolute Gasteiger partial charge is 0.311 e. The molecule has 66 heavy (non-hydrogen) atoms. The lowest BCUT2D eigenvalue weighted by Gasteiger charge is -2.34. The average Bonchev–Trinajstić information content (AvgIpc) is 3.23. The molecular weight excluding hydrogens is 851 g/mol. The molecule has 16 nitrogen and oxygen atoms in total. The molecule has 16 heteroatoms. The second kappa shape index (κ2) is 34.1. The lowest BCUT2D eigenvalue weighted by molar-refractivity contribution is -0.167. The summed E-state index contributed by atoms with van der Waals surface area (Å²) in [5.41, 5.74) is 12.4. The fourth-order valence-electron chi connectivity index (χ4n) is 9.10. The Hall–Kier alpha value is -2.22. The number of allylic oxidation sites excluding steroid dienone is 1. The third-order valence-corrected chi connectivity index (χ3v) is 13.5. The molecule has 16 unspecified atom stereocenters. The van der Waals surface area contributed by atoms with Crippen LogP contribution in [0, 0.1) is 23.7 Å². The Balaban J connectivity index is 3.28. The fourth-order valence-corrected chi connectivity index (χ4v) is 9.10. The van der Waals surface area contributed by atoms with Gasteiger partial charge in [0.25, 0.3) is 0 Å². The first-order valence-electron chi connectivity index (χ1n) is 25.2. The largest absolute Gasteiger partial charge is 0.461 e. The van der Waals surface area contributed by atoms with Gasteiger partial charge in [-0.1, -0.05) is 64.7 Å². The third kappa shape index (κ3) is 26.5. The molecule has 16 atom stereocenters. The Bertz CT molecular complexity index is 1380. The molecule has 0 saturated heterocycles. The van der Waals surface area contributed by atoms with Crippen molar-refractivity contribution in [1.82, 2.24) is 0 Å². The number of rotatable bonds is 9. The van der Waals surface area contributed by atoms with Crippen LogP contribution in [0.1, 0.15) is 176 Å². The quantitative estimate of drug-likeness (QED) is 0.0515. The zero-order chi connectivity index (χ0) is 49.9. The Morgan fingerprint density at radius 1 is 0.727 bits per heavy atom. The van der Waals surface area contributed by atoms with Crippen molar-refractivity contribution >= 4 is 11.9 Å². The molecule has 0 radical (unpaired) electrons. The highest BCUT2D eigenvalue weighted by Gasteiger charge is 2.37. The molecule has 0 spiro atoms. The number of nitrogens with zero attached hydrogens (tertiary/aromatic N) is 1. The second-order valence-corrected chi connectivity index (χ2v) is 19.9. The van der Waals surface area contributed by atoms with Crippen molar-refractivity contribution in [1.29, 1.82) is 0 Å². The number of guanidine groups is 1. The Morgan fingerprint density at radius 2 is 1.29 bits per heavy atom. The van der Waals surface area contributed by atoms with Gasteiger partial charge in [0.1, 0.15) is 6.10 Å². The van der Waals surface area contributed by atoms with E-state index in [0.29, 0.717) is 108 Å². The number of carbonyl (C=O) groups excluding carboxylic acids is 1. The van der Waals surface area contributed by atoms with E-state index < -0.39 is 91.1 Å². The van der Waals surface area contributed by atoms with E-state index in [4.69, 9.17) is 16.2 Å². The summed E-state index contributed by atoms with van der Waals surface area (Å²) in [5, 5.41) is 119. The van der Waals surface area contributed by atoms with Crippen molar-refractivity contribution < 1.29 is 65.7 Å². The summed E-state index contributed by atoms with van der Waals surface area (Å²) >= 11 is 0. The first kappa shape index (κ1) is 61.8. The van der Waals surface area contributed by atoms with Crippen LogP contribution in [-0.4, -0.2) is 148 Å². The highest BCUT2D eigenvalue weighted by atomic mass is 16.5. The number of nitrogens with two attached hydrogens (primary N) is 2. The summed E-state index contributed by atoms with van der Waals surface area (Å²) in [7, 11) is 0. The minimum atomic E-state index is -1.38. The number of hydrogen-bond acceptors (Lipinski definition) is 14. The number of carbonyl (C=O) groups is 1. The van der Waals surface area contributed by atoms with Gasteiger partial charge in [-0.15, -0.1) is 0 Å². The van der Waals surface area contributed by atoms with Gasteiger partial charge in [-0.25, -0.2) is 0 Å². The number of aliphatic hydroxyl groups is 11. The molecule has 0 bridgehead atoms. The van der Waals surface area contributed by atoms with Crippen molar-refractivity contribution in [3.8, 4) is 0 Å². The van der Waals surface area contributed by atoms with Gasteiger partial charge in [0.15, 0.2) is 5.96 Å². The first-order valence-corrected chi connectivity index (χ1v) is 25.2. The minimum Gasteiger partial charge on any atom is -0.461 e. The molecule has 0 aromatic carbocycles. The van der Waals surface area contributed by atoms with Gasteiger partial charge in [-0.2, -0.15) is 0 Å². The number of hydrogen-bond donors (Lipinski definition) is 13. The second-order valence-electron chi connectivity index (χ2n) is 19.9. The maximum Gasteiger partial charge on any atom is 0.311 e. The van der Waals surface area contributed by atoms with E-state index in [1.165, 1.54) is 6.08 Å². The number of cyclic esters (lactones) is 1. The van der Waals surface area contributed by atoms with Crippen LogP contribution < -0.4 is 11.5 Å². The molecule has 0 amide bonds. The van der Waals surface area contributed by atoms with Gasteiger partial charge in [-0.05, 0) is 134 Å². The van der Waals surface area contributed by atoms with Crippen molar-refractivity contribution in [2.75, 3.05) is 6.54 Å². The van der Waals surface area contributed by atoms with Crippen molar-refractivity contribution in [3.63, 3.8) is 0 Å². The molecule has 0 saturated carbocycles. The zero-order valence-corrected chi connectivity index (χ0v) is 41.3. The van der Waals surface area contributed by atoms with E-state index >= 15 is 0 Å². The summed E-state index contributed by atoms with van der Waals surface area (Å²) in [6, 6.07) is 0. The molecule has 388 valence electrons. The Labute approximate surface area is 396 Å². The van der Waals surface area contributed by atoms with Gasteiger partial charge >= 0.3 is 5.97 Å². The Kier molecular flexibility index (Phi) is 32.0. The zero-order valence-electron chi connectivity index (χ0n) is 41.3. The number of ether oxygens (including phenoxy) is 1. The van der Waals surface area contributed by atoms with Crippen LogP contribution in [0.4, 0.5) is 0 Å². The topological polar surface area (TPSA) is 313 Å². The van der Waals surface area contributed by atoms with Crippen LogP contribution in [-0.2, 0) is 9.53 Å². The van der Waals surface area contributed by atoms with Crippen molar-refractivity contribution in [2.45, 2.75) is 250 Å². The van der Waals surface area contributed by atoms with Gasteiger partial charge < -0.3 is 72.4 Å². The van der Waals surface area contributed by atoms with Gasteiger partial charge in [-0.3, -0.25) is 9.79 Å². The van der Waals surface area contributed by atoms with Crippen molar-refractivity contribution in [3.05, 3.63) is 23.3 Å². The van der Waals surface area contributed by atoms with Gasteiger partial charge in [0, 0.05) is 24.8 Å². The lowest BCUT2D eigenvalue weighted by atomic mass is 9.84. The van der Waals surface area contributed by atoms with Crippen LogP contribution in [0.5, 0.6) is 0 Å². The summed E-state index contributed by atoms with van der Waals surface area (Å²) in [6.45, 7) is 11.6. The minimum absolute atomic E-state index is 0.0274. The summed E-state index contributed by atoms with van der Waals surface area (Å²) < 4.78 is 6.32. The van der Waals surface area contributed by atoms with E-state index in [-0.39, 0.29) is 43.5 Å². The van der Waals surface area contributed by atoms with Crippen LogP contribution in [0.25, 0.3) is 0 Å². The fraction of sp³-hybridized carbons (Fsp3) is 0.880. The summed E-state index contributed by atoms with van der Waals surface area (Å²) in [5.74, 6) is -2.50. The molecule has 0 aromatic heterocycles. The van der Waals surface area contributed by atoms with Crippen LogP contribution in [0.3, 0.4) is 0 Å². The first-order chi connectivity index (χ1) is 31.0. The van der Waals surface area contributed by atoms with Gasteiger partial charge in [0.2, 0.25) is 0 Å². The lowest BCUT2D eigenvalue weighted by Crippen LogP contribution is -2.42. The highest BCUT2D eigenvalue weighted by molar-refractivity contribution is 5.75. The molecule has 0 aliphatic carbocycles. The van der Waals surface area contributed by atoms with E-state index in [0.717, 1.165) is 18.4 Å². The summed E-state index contributed by atoms with van der Waals surface area (Å²) in [4.78, 5) is 18.2. The molecule has 0 fully saturated rings. The normalized spacial score (nSPS) is 35.1. The van der Waals surface area contributed by atoms with Gasteiger partial charge in [0.05, 0.1) is 73.1 Å². The van der Waals surface area contributed by atoms with E-state index in [1.807, 2.05) is 40.7 Å². The third-order valence-electron chi connectivity index (χ3n) is 13.5. The van der Waals surface area contributed by atoms with E-state index in [9.17, 15) is 61.0 Å². The number of aliphatic imine (C=N–C) groups is 1. The summed E-state index contributed by atoms with van der Waals surface area (Å²) in [6.07, 6.45) is -0.0632. The monoisotopic (exact) mass is 946 g/mol. The predicted molar refractivity (Wildman–Crippen MR) is 258 cm³/mol. The van der Waals surface area contributed by atoms with Crippen molar-refractivity contribution in [2.24, 2.45) is 40.1 Å². The Morgan fingerprint density at radius 3 is 1.89 bits per heavy atom. The molecule has 1 aliphatic rings. The molecular formula is C50H95N3O13. The molecule has 1 aliphatic heterocycles. The number of esters is 1. The van der Waals surface area contributed by atoms with Crippen LogP contribution in [0.15, 0.2) is 28.3 Å². The molecule has 0 aromatic rings. The van der Waals surface area contributed by atoms with Crippen LogP contribution >= 0.6 is 0 Å².